The summed E-state index contributed by atoms with van der Waals surface area (Å²) in [6, 6.07) is 0. The van der Waals surface area contributed by atoms with Gasteiger partial charge in [0.05, 0.1) is 6.61 Å². The van der Waals surface area contributed by atoms with Crippen molar-refractivity contribution in [3.05, 3.63) is 11.5 Å². The fraction of sp³-hybridized carbons (Fsp3) is 0.857. The van der Waals surface area contributed by atoms with Crippen LogP contribution in [0.1, 0.15) is 45.4 Å². The van der Waals surface area contributed by atoms with Gasteiger partial charge >= 0.3 is 0 Å². The zero-order valence-electron chi connectivity index (χ0n) is 12.0. The van der Waals surface area contributed by atoms with Crippen LogP contribution in [0.3, 0.4) is 0 Å². The Kier molecular flexibility index (Phi) is 7.91. The lowest BCUT2D eigenvalue weighted by atomic mass is 10.1. The Morgan fingerprint density at radius 3 is 2.40 bits per heavy atom. The number of hydrogen-bond acceptors (Lipinski definition) is 6. The molecule has 20 heavy (non-hydrogen) atoms. The molecule has 0 saturated carbocycles. The van der Waals surface area contributed by atoms with Gasteiger partial charge in [0, 0.05) is 0 Å². The lowest BCUT2D eigenvalue weighted by molar-refractivity contribution is -0.216. The van der Waals surface area contributed by atoms with Crippen molar-refractivity contribution in [3.8, 4) is 0 Å². The molecule has 0 spiro atoms. The SMILES string of the molecule is CCCCCCCCO[C@H]1OC(CO)=C(O)C(O)[C@H]1O. The van der Waals surface area contributed by atoms with Crippen LogP contribution < -0.4 is 0 Å². The van der Waals surface area contributed by atoms with Gasteiger partial charge in [-0.15, -0.1) is 0 Å². The number of aliphatic hydroxyl groups is 4. The minimum atomic E-state index is -1.49. The summed E-state index contributed by atoms with van der Waals surface area (Å²) in [5.74, 6) is -0.699. The smallest absolute Gasteiger partial charge is 0.228 e. The van der Waals surface area contributed by atoms with Gasteiger partial charge < -0.3 is 29.9 Å². The number of unbranched alkanes of at least 4 members (excludes halogenated alkanes) is 5. The van der Waals surface area contributed by atoms with E-state index in [-0.39, 0.29) is 5.76 Å². The molecule has 6 nitrogen and oxygen atoms in total. The first-order valence-electron chi connectivity index (χ1n) is 7.29. The molecule has 0 aromatic rings. The maximum Gasteiger partial charge on any atom is 0.228 e. The molecule has 4 N–H and O–H groups in total. The van der Waals surface area contributed by atoms with Crippen LogP contribution in [-0.4, -0.2) is 52.1 Å². The molecule has 118 valence electrons. The number of hydrogen-bond donors (Lipinski definition) is 4. The quantitative estimate of drug-likeness (QED) is 0.476. The third kappa shape index (κ3) is 4.94. The molecule has 1 heterocycles. The standard InChI is InChI=1S/C14H26O6/c1-2-3-4-5-6-7-8-19-14-13(18)12(17)11(16)10(9-15)20-14/h12-18H,2-9H2,1H3/t12?,13-,14+/m1/s1. The maximum atomic E-state index is 9.72. The van der Waals surface area contributed by atoms with Crippen molar-refractivity contribution in [2.45, 2.75) is 63.9 Å². The van der Waals surface area contributed by atoms with Crippen LogP contribution in [0.15, 0.2) is 11.5 Å². The van der Waals surface area contributed by atoms with Gasteiger partial charge in [0.2, 0.25) is 6.29 Å². The first-order valence-corrected chi connectivity index (χ1v) is 7.29. The van der Waals surface area contributed by atoms with Crippen molar-refractivity contribution >= 4 is 0 Å². The van der Waals surface area contributed by atoms with E-state index in [4.69, 9.17) is 14.6 Å². The Morgan fingerprint density at radius 2 is 1.75 bits per heavy atom. The second kappa shape index (κ2) is 9.18. The van der Waals surface area contributed by atoms with E-state index in [1.807, 2.05) is 0 Å². The second-order valence-electron chi connectivity index (χ2n) is 5.03. The van der Waals surface area contributed by atoms with E-state index in [9.17, 15) is 15.3 Å². The highest BCUT2D eigenvalue weighted by atomic mass is 16.7. The van der Waals surface area contributed by atoms with Gasteiger partial charge in [-0.1, -0.05) is 39.0 Å². The average molecular weight is 290 g/mol. The Morgan fingerprint density at radius 1 is 1.10 bits per heavy atom. The highest BCUT2D eigenvalue weighted by Crippen LogP contribution is 2.24. The normalized spacial score (nSPS) is 26.7. The summed E-state index contributed by atoms with van der Waals surface area (Å²) in [5, 5.41) is 37.7. The van der Waals surface area contributed by atoms with E-state index in [1.54, 1.807) is 0 Å². The molecule has 3 atom stereocenters. The van der Waals surface area contributed by atoms with Crippen LogP contribution in [0.2, 0.25) is 0 Å². The van der Waals surface area contributed by atoms with E-state index < -0.39 is 30.9 Å². The topological polar surface area (TPSA) is 99.4 Å². The van der Waals surface area contributed by atoms with Gasteiger partial charge in [0.1, 0.15) is 18.8 Å². The minimum Gasteiger partial charge on any atom is -0.506 e. The van der Waals surface area contributed by atoms with Crippen LogP contribution in [0, 0.1) is 0 Å². The summed E-state index contributed by atoms with van der Waals surface area (Å²) in [6.45, 7) is 2.02. The summed E-state index contributed by atoms with van der Waals surface area (Å²) in [5.41, 5.74) is 0. The van der Waals surface area contributed by atoms with Crippen LogP contribution in [0.25, 0.3) is 0 Å². The zero-order chi connectivity index (χ0) is 15.0. The Balaban J connectivity index is 2.27. The minimum absolute atomic E-state index is 0.157. The van der Waals surface area contributed by atoms with Crippen molar-refractivity contribution in [2.75, 3.05) is 13.2 Å². The number of aliphatic hydroxyl groups excluding tert-OH is 4. The molecule has 1 aliphatic rings. The highest BCUT2D eigenvalue weighted by molar-refractivity contribution is 5.11. The molecule has 0 aromatic heterocycles. The van der Waals surface area contributed by atoms with E-state index in [0.29, 0.717) is 6.61 Å². The second-order valence-corrected chi connectivity index (χ2v) is 5.03. The van der Waals surface area contributed by atoms with Crippen molar-refractivity contribution in [1.29, 1.82) is 0 Å². The highest BCUT2D eigenvalue weighted by Gasteiger charge is 2.38. The van der Waals surface area contributed by atoms with E-state index >= 15 is 0 Å². The third-order valence-corrected chi connectivity index (χ3v) is 3.35. The molecule has 6 heteroatoms. The molecule has 1 aliphatic heterocycles. The molecule has 0 amide bonds. The third-order valence-electron chi connectivity index (χ3n) is 3.35. The summed E-state index contributed by atoms with van der Waals surface area (Å²) in [7, 11) is 0. The van der Waals surface area contributed by atoms with E-state index in [2.05, 4.69) is 6.92 Å². The molecule has 0 aromatic carbocycles. The summed E-state index contributed by atoms with van der Waals surface area (Å²) < 4.78 is 10.5. The van der Waals surface area contributed by atoms with E-state index in [0.717, 1.165) is 19.3 Å². The zero-order valence-corrected chi connectivity index (χ0v) is 12.0. The van der Waals surface area contributed by atoms with Crippen molar-refractivity contribution in [1.82, 2.24) is 0 Å². The first kappa shape index (κ1) is 17.2. The van der Waals surface area contributed by atoms with Crippen molar-refractivity contribution in [3.63, 3.8) is 0 Å². The Labute approximate surface area is 119 Å². The maximum absolute atomic E-state index is 9.72. The predicted octanol–water partition coefficient (Wildman–Crippen LogP) is 1.20. The summed E-state index contributed by atoms with van der Waals surface area (Å²) >= 11 is 0. The van der Waals surface area contributed by atoms with Crippen LogP contribution in [0.5, 0.6) is 0 Å². The molecule has 0 bridgehead atoms. The van der Waals surface area contributed by atoms with Gasteiger partial charge in [0.25, 0.3) is 0 Å². The van der Waals surface area contributed by atoms with E-state index in [1.165, 1.54) is 19.3 Å². The molecule has 0 saturated heterocycles. The van der Waals surface area contributed by atoms with Gasteiger partial charge in [0.15, 0.2) is 11.5 Å². The van der Waals surface area contributed by atoms with Crippen LogP contribution >= 0.6 is 0 Å². The molecule has 1 rings (SSSR count). The Hall–Kier alpha value is -0.820. The Bertz CT molecular complexity index is 304. The monoisotopic (exact) mass is 290 g/mol. The largest absolute Gasteiger partial charge is 0.506 e. The van der Waals surface area contributed by atoms with Gasteiger partial charge in [-0.25, -0.2) is 0 Å². The van der Waals surface area contributed by atoms with Gasteiger partial charge in [-0.3, -0.25) is 0 Å². The summed E-state index contributed by atoms with van der Waals surface area (Å²) in [6.07, 6.45) is 2.79. The van der Waals surface area contributed by atoms with Gasteiger partial charge in [-0.2, -0.15) is 0 Å². The lowest BCUT2D eigenvalue weighted by Crippen LogP contribution is -2.46. The molecular formula is C14H26O6. The average Bonchev–Trinajstić information content (AvgIpc) is 2.46. The molecule has 0 aliphatic carbocycles. The number of rotatable bonds is 9. The molecular weight excluding hydrogens is 264 g/mol. The van der Waals surface area contributed by atoms with Crippen molar-refractivity contribution < 1.29 is 29.9 Å². The number of ether oxygens (including phenoxy) is 2. The fourth-order valence-electron chi connectivity index (χ4n) is 2.08. The van der Waals surface area contributed by atoms with Crippen LogP contribution in [-0.2, 0) is 9.47 Å². The van der Waals surface area contributed by atoms with Gasteiger partial charge in [-0.05, 0) is 6.42 Å². The molecule has 0 radical (unpaired) electrons. The summed E-state index contributed by atoms with van der Waals surface area (Å²) in [4.78, 5) is 0. The predicted molar refractivity (Wildman–Crippen MR) is 73.0 cm³/mol. The van der Waals surface area contributed by atoms with Crippen LogP contribution in [0.4, 0.5) is 0 Å². The fourth-order valence-corrected chi connectivity index (χ4v) is 2.08. The lowest BCUT2D eigenvalue weighted by Gasteiger charge is -2.32. The van der Waals surface area contributed by atoms with Crippen molar-refractivity contribution in [2.24, 2.45) is 0 Å². The first-order chi connectivity index (χ1) is 9.61. The molecule has 1 unspecified atom stereocenters. The molecule has 0 fully saturated rings.